The van der Waals surface area contributed by atoms with E-state index in [2.05, 4.69) is 36.4 Å². The molecule has 3 rings (SSSR count). The smallest absolute Gasteiger partial charge is 0.251 e. The lowest BCUT2D eigenvalue weighted by Crippen LogP contribution is -2.25. The molecule has 7 nitrogen and oxygen atoms in total. The molecule has 1 aromatic carbocycles. The number of nitrogens with zero attached hydrogens (tertiary/aromatic N) is 5. The summed E-state index contributed by atoms with van der Waals surface area (Å²) in [6, 6.07) is 7.03. The Labute approximate surface area is 164 Å². The van der Waals surface area contributed by atoms with Gasteiger partial charge in [-0.05, 0) is 54.4 Å². The van der Waals surface area contributed by atoms with Crippen LogP contribution < -0.4 is 5.32 Å². The molecule has 1 amide bonds. The second-order valence-corrected chi connectivity index (χ2v) is 7.22. The van der Waals surface area contributed by atoms with E-state index in [1.165, 1.54) is 0 Å². The molecule has 0 aliphatic rings. The van der Waals surface area contributed by atoms with Gasteiger partial charge in [-0.25, -0.2) is 9.67 Å². The molecule has 0 aliphatic carbocycles. The van der Waals surface area contributed by atoms with E-state index in [4.69, 9.17) is 11.6 Å². The van der Waals surface area contributed by atoms with Gasteiger partial charge in [0.2, 0.25) is 5.95 Å². The van der Waals surface area contributed by atoms with Gasteiger partial charge in [0.05, 0.1) is 22.4 Å². The van der Waals surface area contributed by atoms with Crippen molar-refractivity contribution in [3.8, 4) is 0 Å². The largest absolute Gasteiger partial charge is 0.291 e. The molecule has 0 radical (unpaired) electrons. The summed E-state index contributed by atoms with van der Waals surface area (Å²) >= 11 is 9.46. The number of aromatic nitrogens is 5. The van der Waals surface area contributed by atoms with Crippen LogP contribution in [0.2, 0.25) is 5.02 Å². The van der Waals surface area contributed by atoms with Crippen LogP contribution in [0.3, 0.4) is 0 Å². The molecule has 3 aromatic rings. The van der Waals surface area contributed by atoms with Gasteiger partial charge in [0.1, 0.15) is 12.4 Å². The highest BCUT2D eigenvalue weighted by atomic mass is 79.9. The maximum atomic E-state index is 12.5. The Bertz CT molecular complexity index is 951. The van der Waals surface area contributed by atoms with Crippen molar-refractivity contribution in [1.29, 1.82) is 0 Å². The molecule has 0 saturated carbocycles. The molecule has 0 saturated heterocycles. The SMILES string of the molecule is Cc1nn(C(C)C(=O)Nc2ncn(Cc3cccc(Cl)c3)n2)c(C)c1Br. The van der Waals surface area contributed by atoms with E-state index in [0.29, 0.717) is 11.6 Å². The summed E-state index contributed by atoms with van der Waals surface area (Å²) in [6.07, 6.45) is 1.57. The maximum Gasteiger partial charge on any atom is 0.251 e. The Balaban J connectivity index is 1.68. The lowest BCUT2D eigenvalue weighted by Gasteiger charge is -2.13. The summed E-state index contributed by atoms with van der Waals surface area (Å²) in [5.74, 6) is 0.0214. The Morgan fingerprint density at radius 2 is 2.12 bits per heavy atom. The van der Waals surface area contributed by atoms with E-state index >= 15 is 0 Å². The third kappa shape index (κ3) is 3.96. The Hall–Kier alpha value is -2.19. The van der Waals surface area contributed by atoms with Crippen LogP contribution in [0.1, 0.15) is 29.9 Å². The number of nitrogens with one attached hydrogen (secondary N) is 1. The average Bonchev–Trinajstić information content (AvgIpc) is 3.13. The maximum absolute atomic E-state index is 12.5. The molecular weight excluding hydrogens is 420 g/mol. The van der Waals surface area contributed by atoms with Crippen LogP contribution >= 0.6 is 27.5 Å². The predicted molar refractivity (Wildman–Crippen MR) is 103 cm³/mol. The Morgan fingerprint density at radius 1 is 1.35 bits per heavy atom. The Kier molecular flexibility index (Phi) is 5.43. The molecule has 1 unspecified atom stereocenters. The first-order valence-electron chi connectivity index (χ1n) is 8.01. The minimum absolute atomic E-state index is 0.233. The zero-order valence-electron chi connectivity index (χ0n) is 14.6. The van der Waals surface area contributed by atoms with Crippen molar-refractivity contribution in [2.45, 2.75) is 33.4 Å². The number of halogens is 2. The molecule has 0 aliphatic heterocycles. The highest BCUT2D eigenvalue weighted by Crippen LogP contribution is 2.23. The third-order valence-corrected chi connectivity index (χ3v) is 5.37. The summed E-state index contributed by atoms with van der Waals surface area (Å²) in [4.78, 5) is 16.6. The number of carbonyl (C=O) groups excluding carboxylic acids is 1. The summed E-state index contributed by atoms with van der Waals surface area (Å²) in [5, 5.41) is 12.1. The quantitative estimate of drug-likeness (QED) is 0.659. The average molecular weight is 438 g/mol. The van der Waals surface area contributed by atoms with Gasteiger partial charge in [0.25, 0.3) is 5.91 Å². The van der Waals surface area contributed by atoms with Gasteiger partial charge in [0, 0.05) is 5.02 Å². The van der Waals surface area contributed by atoms with Gasteiger partial charge in [-0.3, -0.25) is 14.8 Å². The molecule has 0 spiro atoms. The number of anilines is 1. The van der Waals surface area contributed by atoms with Gasteiger partial charge < -0.3 is 0 Å². The first kappa shape index (κ1) is 18.6. The standard InChI is InChI=1S/C17H18BrClN6O/c1-10-15(18)11(2)25(22-10)12(3)16(26)21-17-20-9-24(23-17)8-13-5-4-6-14(19)7-13/h4-7,9,12H,8H2,1-3H3,(H,21,23,26). The fourth-order valence-corrected chi connectivity index (χ4v) is 3.07. The van der Waals surface area contributed by atoms with Crippen LogP contribution in [0.4, 0.5) is 5.95 Å². The van der Waals surface area contributed by atoms with Crippen molar-refractivity contribution < 1.29 is 4.79 Å². The summed E-state index contributed by atoms with van der Waals surface area (Å²) in [5.41, 5.74) is 2.73. The second-order valence-electron chi connectivity index (χ2n) is 5.99. The highest BCUT2D eigenvalue weighted by Gasteiger charge is 2.21. The van der Waals surface area contributed by atoms with Crippen molar-refractivity contribution in [1.82, 2.24) is 24.5 Å². The van der Waals surface area contributed by atoms with Crippen LogP contribution in [0.15, 0.2) is 35.1 Å². The van der Waals surface area contributed by atoms with Crippen molar-refractivity contribution >= 4 is 39.4 Å². The Morgan fingerprint density at radius 3 is 2.77 bits per heavy atom. The van der Waals surface area contributed by atoms with E-state index in [1.807, 2.05) is 38.1 Å². The van der Waals surface area contributed by atoms with E-state index in [1.54, 1.807) is 22.6 Å². The van der Waals surface area contributed by atoms with Crippen molar-refractivity contribution in [2.75, 3.05) is 5.32 Å². The van der Waals surface area contributed by atoms with E-state index in [0.717, 1.165) is 21.4 Å². The van der Waals surface area contributed by atoms with Crippen molar-refractivity contribution in [3.05, 3.63) is 57.0 Å². The third-order valence-electron chi connectivity index (χ3n) is 3.99. The monoisotopic (exact) mass is 436 g/mol. The number of rotatable bonds is 5. The normalized spacial score (nSPS) is 12.2. The number of hydrogen-bond donors (Lipinski definition) is 1. The van der Waals surface area contributed by atoms with E-state index < -0.39 is 6.04 Å². The number of amides is 1. The lowest BCUT2D eigenvalue weighted by atomic mass is 10.2. The minimum Gasteiger partial charge on any atom is -0.291 e. The minimum atomic E-state index is -0.486. The zero-order chi connectivity index (χ0) is 18.8. The summed E-state index contributed by atoms with van der Waals surface area (Å²) in [6.45, 7) is 6.09. The van der Waals surface area contributed by atoms with Crippen LogP contribution in [0.5, 0.6) is 0 Å². The molecule has 0 fully saturated rings. The zero-order valence-corrected chi connectivity index (χ0v) is 16.9. The lowest BCUT2D eigenvalue weighted by molar-refractivity contribution is -0.119. The first-order chi connectivity index (χ1) is 12.3. The number of benzene rings is 1. The fraction of sp³-hybridized carbons (Fsp3) is 0.294. The van der Waals surface area contributed by atoms with Crippen LogP contribution in [0.25, 0.3) is 0 Å². The van der Waals surface area contributed by atoms with Crippen molar-refractivity contribution in [2.24, 2.45) is 0 Å². The topological polar surface area (TPSA) is 77.6 Å². The second kappa shape index (κ2) is 7.59. The molecule has 2 aromatic heterocycles. The molecule has 26 heavy (non-hydrogen) atoms. The molecule has 1 N–H and O–H groups in total. The van der Waals surface area contributed by atoms with Gasteiger partial charge in [-0.2, -0.15) is 5.10 Å². The number of carbonyl (C=O) groups is 1. The number of hydrogen-bond acceptors (Lipinski definition) is 4. The van der Waals surface area contributed by atoms with E-state index in [9.17, 15) is 4.79 Å². The molecule has 0 bridgehead atoms. The van der Waals surface area contributed by atoms with Crippen LogP contribution in [0, 0.1) is 13.8 Å². The van der Waals surface area contributed by atoms with E-state index in [-0.39, 0.29) is 11.9 Å². The van der Waals surface area contributed by atoms with Gasteiger partial charge in [-0.15, -0.1) is 5.10 Å². The fourth-order valence-electron chi connectivity index (χ4n) is 2.60. The highest BCUT2D eigenvalue weighted by molar-refractivity contribution is 9.10. The molecular formula is C17H18BrClN6O. The summed E-state index contributed by atoms with van der Waals surface area (Å²) in [7, 11) is 0. The van der Waals surface area contributed by atoms with Crippen molar-refractivity contribution in [3.63, 3.8) is 0 Å². The molecule has 9 heteroatoms. The van der Waals surface area contributed by atoms with Gasteiger partial charge >= 0.3 is 0 Å². The first-order valence-corrected chi connectivity index (χ1v) is 9.18. The number of aryl methyl sites for hydroxylation is 1. The molecule has 1 atom stereocenters. The van der Waals surface area contributed by atoms with Crippen LogP contribution in [-0.2, 0) is 11.3 Å². The molecule has 136 valence electrons. The predicted octanol–water partition coefficient (Wildman–Crippen LogP) is 3.76. The van der Waals surface area contributed by atoms with Crippen LogP contribution in [-0.4, -0.2) is 30.5 Å². The summed E-state index contributed by atoms with van der Waals surface area (Å²) < 4.78 is 4.23. The van der Waals surface area contributed by atoms with Gasteiger partial charge in [0.15, 0.2) is 0 Å². The molecule has 2 heterocycles. The van der Waals surface area contributed by atoms with Gasteiger partial charge in [-0.1, -0.05) is 23.7 Å².